The number of hydrogen-bond acceptors (Lipinski definition) is 4. The van der Waals surface area contributed by atoms with Gasteiger partial charge in [-0.05, 0) is 31.6 Å². The minimum Gasteiger partial charge on any atom is -0.493 e. The minimum absolute atomic E-state index is 0. The van der Waals surface area contributed by atoms with Crippen LogP contribution in [0.5, 0.6) is 11.5 Å². The molecule has 1 aromatic rings. The largest absolute Gasteiger partial charge is 0.493 e. The van der Waals surface area contributed by atoms with Crippen LogP contribution >= 0.6 is 17.0 Å². The molecular formula is C17H22BrNO3. The molecule has 0 fully saturated rings. The van der Waals surface area contributed by atoms with E-state index in [4.69, 9.17) is 9.47 Å². The van der Waals surface area contributed by atoms with E-state index < -0.39 is 6.10 Å². The number of hydrogen-bond donors (Lipinski definition) is 1. The van der Waals surface area contributed by atoms with E-state index in [0.717, 1.165) is 31.0 Å². The number of aliphatic hydroxyl groups excluding tert-OH is 1. The van der Waals surface area contributed by atoms with E-state index in [1.807, 2.05) is 12.1 Å². The van der Waals surface area contributed by atoms with Crippen molar-refractivity contribution in [2.75, 3.05) is 20.7 Å². The number of methoxy groups -OCH3 is 1. The Morgan fingerprint density at radius 1 is 1.41 bits per heavy atom. The third-order valence-corrected chi connectivity index (χ3v) is 5.15. The maximum atomic E-state index is 9.97. The molecule has 0 bridgehead atoms. The van der Waals surface area contributed by atoms with Crippen molar-refractivity contribution in [1.29, 1.82) is 0 Å². The van der Waals surface area contributed by atoms with Crippen LogP contribution in [0.3, 0.4) is 0 Å². The molecule has 1 aliphatic carbocycles. The van der Waals surface area contributed by atoms with Gasteiger partial charge < -0.3 is 19.5 Å². The second-order valence-corrected chi connectivity index (χ2v) is 6.43. The molecule has 0 radical (unpaired) electrons. The highest BCUT2D eigenvalue weighted by Gasteiger charge is 2.52. The lowest BCUT2D eigenvalue weighted by Gasteiger charge is -2.35. The lowest BCUT2D eigenvalue weighted by molar-refractivity contribution is 0.0821. The van der Waals surface area contributed by atoms with Crippen LogP contribution in [0.25, 0.3) is 0 Å². The van der Waals surface area contributed by atoms with E-state index in [2.05, 4.69) is 24.1 Å². The molecule has 0 unspecified atom stereocenters. The van der Waals surface area contributed by atoms with Gasteiger partial charge in [0.05, 0.1) is 18.6 Å². The summed E-state index contributed by atoms with van der Waals surface area (Å²) >= 11 is 0. The molecule has 3 atom stereocenters. The zero-order valence-corrected chi connectivity index (χ0v) is 14.6. The second-order valence-electron chi connectivity index (χ2n) is 6.43. The SMILES string of the molecule is Br.COc1ccc2c3c1O[C@H]1C[C@H](O)C=C[C@@]31CCN(C)C2. The molecule has 2 heterocycles. The average molecular weight is 368 g/mol. The van der Waals surface area contributed by atoms with Crippen molar-refractivity contribution in [3.8, 4) is 11.5 Å². The van der Waals surface area contributed by atoms with E-state index in [1.165, 1.54) is 11.1 Å². The molecule has 0 saturated heterocycles. The first-order chi connectivity index (χ1) is 10.1. The van der Waals surface area contributed by atoms with Crippen LogP contribution in [0.1, 0.15) is 24.0 Å². The summed E-state index contributed by atoms with van der Waals surface area (Å²) in [5.41, 5.74) is 2.48. The zero-order valence-electron chi connectivity index (χ0n) is 12.9. The third kappa shape index (κ3) is 2.10. The predicted molar refractivity (Wildman–Crippen MR) is 90.1 cm³/mol. The second kappa shape index (κ2) is 5.55. The van der Waals surface area contributed by atoms with Gasteiger partial charge in [0.15, 0.2) is 11.5 Å². The standard InChI is InChI=1S/C17H21NO3.BrH/c1-18-8-7-17-6-5-12(19)9-14(17)21-16-13(20-2)4-3-11(10-18)15(16)17;/h3-6,12,14,19H,7-10H2,1-2H3;1H/t12-,14+,17+;/m1./s1. The molecule has 1 aromatic carbocycles. The van der Waals surface area contributed by atoms with E-state index in [9.17, 15) is 5.11 Å². The molecule has 22 heavy (non-hydrogen) atoms. The first-order valence-electron chi connectivity index (χ1n) is 7.57. The van der Waals surface area contributed by atoms with Crippen molar-refractivity contribution in [2.24, 2.45) is 0 Å². The van der Waals surface area contributed by atoms with Crippen LogP contribution in [0.15, 0.2) is 24.3 Å². The van der Waals surface area contributed by atoms with Crippen molar-refractivity contribution >= 4 is 17.0 Å². The van der Waals surface area contributed by atoms with Gasteiger partial charge in [-0.3, -0.25) is 0 Å². The van der Waals surface area contributed by atoms with Crippen molar-refractivity contribution < 1.29 is 14.6 Å². The fraction of sp³-hybridized carbons (Fsp3) is 0.529. The Labute approximate surface area is 141 Å². The first-order valence-corrected chi connectivity index (χ1v) is 7.57. The normalized spacial score (nSPS) is 32.3. The van der Waals surface area contributed by atoms with Gasteiger partial charge in [-0.25, -0.2) is 0 Å². The highest BCUT2D eigenvalue weighted by molar-refractivity contribution is 8.93. The first kappa shape index (κ1) is 15.8. The highest BCUT2D eigenvalue weighted by Crippen LogP contribution is 2.55. The Morgan fingerprint density at radius 3 is 3.00 bits per heavy atom. The summed E-state index contributed by atoms with van der Waals surface area (Å²) in [6.45, 7) is 1.96. The van der Waals surface area contributed by atoms with Crippen molar-refractivity contribution in [3.05, 3.63) is 35.4 Å². The van der Waals surface area contributed by atoms with Gasteiger partial charge in [-0.15, -0.1) is 17.0 Å². The Hall–Kier alpha value is -1.04. The molecule has 1 spiro atoms. The van der Waals surface area contributed by atoms with Gasteiger partial charge in [0.1, 0.15) is 6.10 Å². The Balaban J connectivity index is 0.00000144. The van der Waals surface area contributed by atoms with Crippen molar-refractivity contribution in [2.45, 2.75) is 37.0 Å². The molecule has 4 rings (SSSR count). The van der Waals surface area contributed by atoms with E-state index in [0.29, 0.717) is 6.42 Å². The van der Waals surface area contributed by atoms with Gasteiger partial charge >= 0.3 is 0 Å². The quantitative estimate of drug-likeness (QED) is 0.774. The topological polar surface area (TPSA) is 41.9 Å². The number of halogens is 1. The molecule has 0 aromatic heterocycles. The Kier molecular flexibility index (Phi) is 4.00. The third-order valence-electron chi connectivity index (χ3n) is 5.15. The van der Waals surface area contributed by atoms with Crippen LogP contribution in [-0.4, -0.2) is 42.9 Å². The number of aliphatic hydroxyl groups is 1. The molecule has 4 nitrogen and oxygen atoms in total. The van der Waals surface area contributed by atoms with Crippen LogP contribution in [0, 0.1) is 0 Å². The molecular weight excluding hydrogens is 346 g/mol. The van der Waals surface area contributed by atoms with Crippen LogP contribution in [0.4, 0.5) is 0 Å². The maximum absolute atomic E-state index is 9.97. The summed E-state index contributed by atoms with van der Waals surface area (Å²) in [7, 11) is 3.84. The van der Waals surface area contributed by atoms with Gasteiger partial charge in [-0.2, -0.15) is 0 Å². The zero-order chi connectivity index (χ0) is 14.6. The molecule has 1 N–H and O–H groups in total. The summed E-state index contributed by atoms with van der Waals surface area (Å²) in [6, 6.07) is 4.16. The minimum atomic E-state index is -0.412. The van der Waals surface area contributed by atoms with E-state index in [1.54, 1.807) is 7.11 Å². The van der Waals surface area contributed by atoms with Gasteiger partial charge in [-0.1, -0.05) is 18.2 Å². The van der Waals surface area contributed by atoms with Gasteiger partial charge in [0.2, 0.25) is 0 Å². The fourth-order valence-corrected chi connectivity index (χ4v) is 4.08. The van der Waals surface area contributed by atoms with Gasteiger partial charge in [0.25, 0.3) is 0 Å². The molecule has 120 valence electrons. The smallest absolute Gasteiger partial charge is 0.166 e. The molecule has 2 aliphatic heterocycles. The predicted octanol–water partition coefficient (Wildman–Crippen LogP) is 2.43. The van der Waals surface area contributed by atoms with E-state index >= 15 is 0 Å². The number of rotatable bonds is 1. The van der Waals surface area contributed by atoms with E-state index in [-0.39, 0.29) is 28.5 Å². The van der Waals surface area contributed by atoms with Crippen LogP contribution in [-0.2, 0) is 12.0 Å². The van der Waals surface area contributed by atoms with Crippen molar-refractivity contribution in [1.82, 2.24) is 4.90 Å². The van der Waals surface area contributed by atoms with Crippen LogP contribution < -0.4 is 9.47 Å². The van der Waals surface area contributed by atoms with Crippen molar-refractivity contribution in [3.63, 3.8) is 0 Å². The lowest BCUT2D eigenvalue weighted by Crippen LogP contribution is -2.42. The highest BCUT2D eigenvalue weighted by atomic mass is 79.9. The summed E-state index contributed by atoms with van der Waals surface area (Å²) in [4.78, 5) is 2.35. The summed E-state index contributed by atoms with van der Waals surface area (Å²) in [5, 5.41) is 9.97. The summed E-state index contributed by atoms with van der Waals surface area (Å²) in [5.74, 6) is 1.68. The maximum Gasteiger partial charge on any atom is 0.166 e. The van der Waals surface area contributed by atoms with Gasteiger partial charge in [0, 0.05) is 18.5 Å². The number of benzene rings is 1. The lowest BCUT2D eigenvalue weighted by atomic mass is 9.69. The average Bonchev–Trinajstić information content (AvgIpc) is 2.72. The molecule has 3 aliphatic rings. The number of nitrogens with zero attached hydrogens (tertiary/aromatic N) is 1. The Morgan fingerprint density at radius 2 is 2.23 bits per heavy atom. The molecule has 5 heteroatoms. The summed E-state index contributed by atoms with van der Waals surface area (Å²) < 4.78 is 11.8. The molecule has 0 saturated carbocycles. The Bertz CT molecular complexity index is 618. The molecule has 0 amide bonds. The van der Waals surface area contributed by atoms with Crippen LogP contribution in [0.2, 0.25) is 0 Å². The number of ether oxygens (including phenoxy) is 2. The summed E-state index contributed by atoms with van der Waals surface area (Å²) in [6.07, 6.45) is 5.38. The fourth-order valence-electron chi connectivity index (χ4n) is 4.08. The monoisotopic (exact) mass is 367 g/mol.